The first-order chi connectivity index (χ1) is 15.9. The van der Waals surface area contributed by atoms with Crippen LogP contribution in [0.25, 0.3) is 0 Å². The largest absolute Gasteiger partial charge is 0.496 e. The van der Waals surface area contributed by atoms with Gasteiger partial charge in [-0.2, -0.15) is 0 Å². The molecule has 170 valence electrons. The molecule has 1 aliphatic rings. The van der Waals surface area contributed by atoms with Crippen LogP contribution < -0.4 is 14.8 Å². The number of hydrogen-bond acceptors (Lipinski definition) is 4. The monoisotopic (exact) mass is 448 g/mol. The highest BCUT2D eigenvalue weighted by atomic mass is 19.1. The van der Waals surface area contributed by atoms with E-state index in [1.807, 2.05) is 30.3 Å². The lowest BCUT2D eigenvalue weighted by Crippen LogP contribution is -2.37. The summed E-state index contributed by atoms with van der Waals surface area (Å²) in [7, 11) is 1.60. The van der Waals surface area contributed by atoms with E-state index >= 15 is 0 Å². The zero-order valence-corrected chi connectivity index (χ0v) is 18.5. The van der Waals surface area contributed by atoms with E-state index in [-0.39, 0.29) is 24.1 Å². The van der Waals surface area contributed by atoms with Gasteiger partial charge in [0, 0.05) is 29.9 Å². The summed E-state index contributed by atoms with van der Waals surface area (Å²) in [5.41, 5.74) is 3.01. The summed E-state index contributed by atoms with van der Waals surface area (Å²) in [6, 6.07) is 18.7. The number of hydrogen-bond donors (Lipinski definition) is 1. The molecule has 1 unspecified atom stereocenters. The fourth-order valence-electron chi connectivity index (χ4n) is 3.84. The lowest BCUT2D eigenvalue weighted by molar-refractivity contribution is -0.138. The Kier molecular flexibility index (Phi) is 6.58. The first-order valence-corrected chi connectivity index (χ1v) is 10.7. The summed E-state index contributed by atoms with van der Waals surface area (Å²) in [5, 5.41) is 2.87. The molecule has 3 aromatic carbocycles. The third-order valence-corrected chi connectivity index (χ3v) is 5.50. The molecule has 1 aliphatic heterocycles. The highest BCUT2D eigenvalue weighted by molar-refractivity contribution is 5.92. The number of halogens is 1. The number of amides is 2. The molecule has 1 N–H and O–H groups in total. The zero-order valence-electron chi connectivity index (χ0n) is 18.5. The average Bonchev–Trinajstić information content (AvgIpc) is 2.92. The van der Waals surface area contributed by atoms with Crippen LogP contribution in [0.4, 0.5) is 10.1 Å². The Morgan fingerprint density at radius 2 is 1.91 bits per heavy atom. The van der Waals surface area contributed by atoms with Gasteiger partial charge in [0.05, 0.1) is 13.5 Å². The smallest absolute Gasteiger partial charge is 0.263 e. The highest BCUT2D eigenvalue weighted by Gasteiger charge is 2.28. The van der Waals surface area contributed by atoms with E-state index in [9.17, 15) is 14.0 Å². The molecule has 7 heteroatoms. The van der Waals surface area contributed by atoms with Crippen molar-refractivity contribution in [3.63, 3.8) is 0 Å². The third kappa shape index (κ3) is 5.31. The van der Waals surface area contributed by atoms with Gasteiger partial charge in [-0.3, -0.25) is 9.59 Å². The third-order valence-electron chi connectivity index (χ3n) is 5.50. The van der Waals surface area contributed by atoms with Crippen molar-refractivity contribution in [3.8, 4) is 11.5 Å². The molecule has 6 nitrogen and oxygen atoms in total. The lowest BCUT2D eigenvalue weighted by atomic mass is 10.1. The van der Waals surface area contributed by atoms with Crippen LogP contribution >= 0.6 is 0 Å². The minimum absolute atomic E-state index is 0.126. The van der Waals surface area contributed by atoms with E-state index in [1.165, 1.54) is 12.1 Å². The van der Waals surface area contributed by atoms with E-state index in [2.05, 4.69) is 5.32 Å². The molecule has 0 radical (unpaired) electrons. The van der Waals surface area contributed by atoms with Gasteiger partial charge in [0.2, 0.25) is 5.91 Å². The molecule has 0 aromatic heterocycles. The molecular formula is C26H25FN2O4. The number of benzene rings is 3. The normalized spacial score (nSPS) is 15.3. The average molecular weight is 448 g/mol. The molecule has 4 rings (SSSR count). The Balaban J connectivity index is 1.52. The summed E-state index contributed by atoms with van der Waals surface area (Å²) in [6.45, 7) is 2.43. The Bertz CT molecular complexity index is 1160. The Labute approximate surface area is 191 Å². The maximum atomic E-state index is 13.1. The van der Waals surface area contributed by atoms with Gasteiger partial charge < -0.3 is 19.7 Å². The number of ether oxygens (including phenoxy) is 2. The Morgan fingerprint density at radius 3 is 2.67 bits per heavy atom. The SMILES string of the molecule is COc1ccccc1CN1Cc2cc(NC(=O)Cc3ccc(F)cc3)ccc2OC(C)C1=O. The topological polar surface area (TPSA) is 67.9 Å². The van der Waals surface area contributed by atoms with Crippen LogP contribution in [0.5, 0.6) is 11.5 Å². The molecular weight excluding hydrogens is 423 g/mol. The van der Waals surface area contributed by atoms with E-state index in [1.54, 1.807) is 43.2 Å². The number of carbonyl (C=O) groups is 2. The van der Waals surface area contributed by atoms with Crippen molar-refractivity contribution in [2.75, 3.05) is 12.4 Å². The predicted octanol–water partition coefficient (Wildman–Crippen LogP) is 4.33. The van der Waals surface area contributed by atoms with Crippen molar-refractivity contribution < 1.29 is 23.5 Å². The van der Waals surface area contributed by atoms with Gasteiger partial charge in [-0.25, -0.2) is 4.39 Å². The summed E-state index contributed by atoms with van der Waals surface area (Å²) in [5.74, 6) is 0.636. The number of para-hydroxylation sites is 1. The maximum absolute atomic E-state index is 13.1. The van der Waals surface area contributed by atoms with Gasteiger partial charge in [-0.05, 0) is 48.9 Å². The number of anilines is 1. The summed E-state index contributed by atoms with van der Waals surface area (Å²) < 4.78 is 24.4. The number of carbonyl (C=O) groups excluding carboxylic acids is 2. The summed E-state index contributed by atoms with van der Waals surface area (Å²) in [4.78, 5) is 27.2. The van der Waals surface area contributed by atoms with Gasteiger partial charge in [0.15, 0.2) is 6.10 Å². The van der Waals surface area contributed by atoms with Crippen molar-refractivity contribution in [2.45, 2.75) is 32.5 Å². The molecule has 0 spiro atoms. The molecule has 2 amide bonds. The molecule has 1 heterocycles. The molecule has 0 saturated heterocycles. The second-order valence-corrected chi connectivity index (χ2v) is 7.94. The predicted molar refractivity (Wildman–Crippen MR) is 123 cm³/mol. The van der Waals surface area contributed by atoms with Crippen LogP contribution in [0.15, 0.2) is 66.7 Å². The molecule has 3 aromatic rings. The van der Waals surface area contributed by atoms with Crippen LogP contribution in [0, 0.1) is 5.82 Å². The number of rotatable bonds is 6. The van der Waals surface area contributed by atoms with Crippen molar-refractivity contribution in [1.82, 2.24) is 4.90 Å². The van der Waals surface area contributed by atoms with E-state index in [4.69, 9.17) is 9.47 Å². The van der Waals surface area contributed by atoms with Gasteiger partial charge >= 0.3 is 0 Å². The summed E-state index contributed by atoms with van der Waals surface area (Å²) in [6.07, 6.45) is -0.511. The molecule has 33 heavy (non-hydrogen) atoms. The van der Waals surface area contributed by atoms with E-state index in [0.29, 0.717) is 30.3 Å². The van der Waals surface area contributed by atoms with Crippen molar-refractivity contribution in [2.24, 2.45) is 0 Å². The van der Waals surface area contributed by atoms with Crippen molar-refractivity contribution in [1.29, 1.82) is 0 Å². The summed E-state index contributed by atoms with van der Waals surface area (Å²) >= 11 is 0. The molecule has 0 saturated carbocycles. The standard InChI is InChI=1S/C26H25FN2O4/c1-17-26(31)29(15-19-5-3-4-6-23(19)32-2)16-20-14-22(11-12-24(20)33-17)28-25(30)13-18-7-9-21(27)10-8-18/h3-12,14,17H,13,15-16H2,1-2H3,(H,28,30). The van der Waals surface area contributed by atoms with E-state index in [0.717, 1.165) is 16.7 Å². The minimum Gasteiger partial charge on any atom is -0.496 e. The molecule has 1 atom stereocenters. The first kappa shape index (κ1) is 22.3. The Hall–Kier alpha value is -3.87. The van der Waals surface area contributed by atoms with Crippen LogP contribution in [-0.2, 0) is 29.1 Å². The molecule has 0 fully saturated rings. The number of methoxy groups -OCH3 is 1. The fourth-order valence-corrected chi connectivity index (χ4v) is 3.84. The van der Waals surface area contributed by atoms with Gasteiger partial charge in [0.1, 0.15) is 17.3 Å². The fraction of sp³-hybridized carbons (Fsp3) is 0.231. The molecule has 0 bridgehead atoms. The first-order valence-electron chi connectivity index (χ1n) is 10.7. The van der Waals surface area contributed by atoms with E-state index < -0.39 is 6.10 Å². The van der Waals surface area contributed by atoms with Crippen LogP contribution in [0.1, 0.15) is 23.6 Å². The van der Waals surface area contributed by atoms with Gasteiger partial charge in [-0.1, -0.05) is 30.3 Å². The highest BCUT2D eigenvalue weighted by Crippen LogP contribution is 2.30. The number of fused-ring (bicyclic) bond motifs is 1. The van der Waals surface area contributed by atoms with Gasteiger partial charge in [-0.15, -0.1) is 0 Å². The lowest BCUT2D eigenvalue weighted by Gasteiger charge is -2.23. The number of nitrogens with zero attached hydrogens (tertiary/aromatic N) is 1. The van der Waals surface area contributed by atoms with Crippen molar-refractivity contribution >= 4 is 17.5 Å². The quantitative estimate of drug-likeness (QED) is 0.610. The van der Waals surface area contributed by atoms with Gasteiger partial charge in [0.25, 0.3) is 5.91 Å². The van der Waals surface area contributed by atoms with Crippen LogP contribution in [-0.4, -0.2) is 29.9 Å². The van der Waals surface area contributed by atoms with Crippen LogP contribution in [0.2, 0.25) is 0 Å². The number of nitrogens with one attached hydrogen (secondary N) is 1. The second-order valence-electron chi connectivity index (χ2n) is 7.94. The zero-order chi connectivity index (χ0) is 23.4. The minimum atomic E-state index is -0.639. The van der Waals surface area contributed by atoms with Crippen LogP contribution in [0.3, 0.4) is 0 Å². The maximum Gasteiger partial charge on any atom is 0.263 e. The second kappa shape index (κ2) is 9.73. The molecule has 0 aliphatic carbocycles. The Morgan fingerprint density at radius 1 is 1.15 bits per heavy atom. The van der Waals surface area contributed by atoms with Crippen molar-refractivity contribution in [3.05, 3.63) is 89.2 Å².